The fourth-order valence-electron chi connectivity index (χ4n) is 2.21. The summed E-state index contributed by atoms with van der Waals surface area (Å²) in [5.74, 6) is 0.154. The highest BCUT2D eigenvalue weighted by atomic mass is 35.5. The molecule has 0 bridgehead atoms. The van der Waals surface area contributed by atoms with E-state index < -0.39 is 6.16 Å². The molecule has 1 N–H and O–H groups in total. The van der Waals surface area contributed by atoms with Gasteiger partial charge in [-0.1, -0.05) is 11.6 Å². The zero-order valence-corrected chi connectivity index (χ0v) is 11.9. The van der Waals surface area contributed by atoms with Gasteiger partial charge < -0.3 is 19.3 Å². The molecule has 1 aliphatic heterocycles. The lowest BCUT2D eigenvalue weighted by Crippen LogP contribution is -2.35. The molecule has 8 nitrogen and oxygen atoms in total. The molecule has 3 rings (SSSR count). The maximum absolute atomic E-state index is 12.4. The predicted octanol–water partition coefficient (Wildman–Crippen LogP) is 1.98. The van der Waals surface area contributed by atoms with E-state index in [4.69, 9.17) is 21.2 Å². The van der Waals surface area contributed by atoms with Gasteiger partial charge in [0.25, 0.3) is 11.8 Å². The van der Waals surface area contributed by atoms with Crippen LogP contribution in [0, 0.1) is 0 Å². The number of carbonyl (C=O) groups excluding carboxylic acids is 1. The highest BCUT2D eigenvalue weighted by Gasteiger charge is 2.29. The first kappa shape index (κ1) is 14.3. The number of nitrogens with zero attached hydrogens (tertiary/aromatic N) is 3. The summed E-state index contributed by atoms with van der Waals surface area (Å²) < 4.78 is 9.58. The molecule has 0 unspecified atom stereocenters. The average molecular weight is 324 g/mol. The number of rotatable bonds is 2. The Morgan fingerprint density at radius 1 is 1.41 bits per heavy atom. The van der Waals surface area contributed by atoms with Crippen molar-refractivity contribution in [3.05, 3.63) is 40.4 Å². The normalized spacial score (nSPS) is 13.6. The number of aromatic nitrogens is 2. The van der Waals surface area contributed by atoms with Crippen LogP contribution in [0.25, 0.3) is 0 Å². The topological polar surface area (TPSA) is 106 Å². The second kappa shape index (κ2) is 5.64. The van der Waals surface area contributed by atoms with Crippen molar-refractivity contribution in [1.82, 2.24) is 15.0 Å². The summed E-state index contributed by atoms with van der Waals surface area (Å²) in [5, 5.41) is 12.5. The Labute approximate surface area is 129 Å². The van der Waals surface area contributed by atoms with Gasteiger partial charge in [-0.05, 0) is 17.3 Å². The number of amides is 1. The van der Waals surface area contributed by atoms with Crippen molar-refractivity contribution in [3.8, 4) is 5.88 Å². The minimum Gasteiger partial charge on any atom is -0.449 e. The van der Waals surface area contributed by atoms with E-state index in [-0.39, 0.29) is 18.3 Å². The van der Waals surface area contributed by atoms with Crippen LogP contribution >= 0.6 is 11.6 Å². The summed E-state index contributed by atoms with van der Waals surface area (Å²) in [4.78, 5) is 28.4. The van der Waals surface area contributed by atoms with Gasteiger partial charge in [-0.3, -0.25) is 4.79 Å². The first-order valence-corrected chi connectivity index (χ1v) is 6.71. The largest absolute Gasteiger partial charge is 0.512 e. The smallest absolute Gasteiger partial charge is 0.449 e. The molecule has 1 amide bonds. The fourth-order valence-corrected chi connectivity index (χ4v) is 2.32. The highest BCUT2D eigenvalue weighted by Crippen LogP contribution is 2.28. The second-order valence-electron chi connectivity index (χ2n) is 4.60. The molecule has 3 heterocycles. The van der Waals surface area contributed by atoms with E-state index in [0.29, 0.717) is 35.0 Å². The maximum Gasteiger partial charge on any atom is 0.512 e. The minimum absolute atomic E-state index is 0.130. The Kier molecular flexibility index (Phi) is 3.68. The third kappa shape index (κ3) is 2.73. The maximum atomic E-state index is 12.4. The Hall–Kier alpha value is -2.61. The van der Waals surface area contributed by atoms with Gasteiger partial charge in [0.05, 0.1) is 17.7 Å². The summed E-state index contributed by atoms with van der Waals surface area (Å²) in [7, 11) is 0. The molecule has 114 valence electrons. The summed E-state index contributed by atoms with van der Waals surface area (Å²) >= 11 is 5.69. The third-order valence-electron chi connectivity index (χ3n) is 3.24. The number of fused-ring (bicyclic) bond motifs is 1. The quantitative estimate of drug-likeness (QED) is 0.665. The Bertz CT molecular complexity index is 728. The molecule has 0 fully saturated rings. The van der Waals surface area contributed by atoms with Crippen molar-refractivity contribution in [2.45, 2.75) is 13.0 Å². The standard InChI is InChI=1S/C13H10ClN3O5/c14-10-2-1-7(5-15-10)12(18)17-4-3-9-8(6-17)11(16-22-9)21-13(19)20/h1-2,5H,3-4,6H2,(H,19,20). The number of halogens is 1. The first-order valence-electron chi connectivity index (χ1n) is 6.33. The predicted molar refractivity (Wildman–Crippen MR) is 72.8 cm³/mol. The molecule has 0 aliphatic carbocycles. The molecule has 22 heavy (non-hydrogen) atoms. The fraction of sp³-hybridized carbons (Fsp3) is 0.231. The minimum atomic E-state index is -1.48. The van der Waals surface area contributed by atoms with Crippen LogP contribution in [0.4, 0.5) is 4.79 Å². The number of carboxylic acid groups (broad SMARTS) is 1. The van der Waals surface area contributed by atoms with Gasteiger partial charge in [-0.25, -0.2) is 9.78 Å². The molecule has 0 spiro atoms. The number of ether oxygens (including phenoxy) is 1. The number of hydrogen-bond donors (Lipinski definition) is 1. The highest BCUT2D eigenvalue weighted by molar-refractivity contribution is 6.29. The van der Waals surface area contributed by atoms with Gasteiger partial charge in [-0.15, -0.1) is 0 Å². The van der Waals surface area contributed by atoms with Crippen LogP contribution < -0.4 is 4.74 Å². The molecule has 0 atom stereocenters. The van der Waals surface area contributed by atoms with E-state index in [9.17, 15) is 9.59 Å². The summed E-state index contributed by atoms with van der Waals surface area (Å²) in [5.41, 5.74) is 0.855. The SMILES string of the molecule is O=C(O)Oc1noc2c1CN(C(=O)c1ccc(Cl)nc1)CC2. The van der Waals surface area contributed by atoms with Gasteiger partial charge in [0.15, 0.2) is 0 Å². The zero-order valence-electron chi connectivity index (χ0n) is 11.2. The summed E-state index contributed by atoms with van der Waals surface area (Å²) in [6.07, 6.45) is 0.335. The van der Waals surface area contributed by atoms with E-state index in [1.165, 1.54) is 12.3 Å². The first-order chi connectivity index (χ1) is 10.5. The molecular formula is C13H10ClN3O5. The van der Waals surface area contributed by atoms with Crippen LogP contribution in [0.3, 0.4) is 0 Å². The monoisotopic (exact) mass is 323 g/mol. The third-order valence-corrected chi connectivity index (χ3v) is 3.46. The van der Waals surface area contributed by atoms with Gasteiger partial charge in [0, 0.05) is 19.2 Å². The van der Waals surface area contributed by atoms with Crippen molar-refractivity contribution >= 4 is 23.7 Å². The van der Waals surface area contributed by atoms with E-state index in [1.54, 1.807) is 11.0 Å². The van der Waals surface area contributed by atoms with Crippen molar-refractivity contribution in [3.63, 3.8) is 0 Å². The van der Waals surface area contributed by atoms with Crippen LogP contribution in [0.5, 0.6) is 5.88 Å². The molecule has 1 aliphatic rings. The molecule has 0 radical (unpaired) electrons. The zero-order chi connectivity index (χ0) is 15.7. The van der Waals surface area contributed by atoms with E-state index in [2.05, 4.69) is 14.9 Å². The lowest BCUT2D eigenvalue weighted by atomic mass is 10.1. The Balaban J connectivity index is 1.81. The molecule has 2 aromatic rings. The number of carbonyl (C=O) groups is 2. The van der Waals surface area contributed by atoms with Gasteiger partial charge in [0.1, 0.15) is 10.9 Å². The molecular weight excluding hydrogens is 314 g/mol. The molecule has 0 saturated carbocycles. The molecule has 0 saturated heterocycles. The summed E-state index contributed by atoms with van der Waals surface area (Å²) in [6, 6.07) is 3.11. The van der Waals surface area contributed by atoms with Gasteiger partial charge in [0.2, 0.25) is 0 Å². The number of hydrogen-bond acceptors (Lipinski definition) is 6. The van der Waals surface area contributed by atoms with Crippen LogP contribution in [-0.2, 0) is 13.0 Å². The lowest BCUT2D eigenvalue weighted by molar-refractivity contribution is 0.0728. The van der Waals surface area contributed by atoms with Crippen molar-refractivity contribution in [2.24, 2.45) is 0 Å². The van der Waals surface area contributed by atoms with Crippen LogP contribution in [0.15, 0.2) is 22.9 Å². The average Bonchev–Trinajstić information content (AvgIpc) is 2.89. The Morgan fingerprint density at radius 3 is 2.91 bits per heavy atom. The van der Waals surface area contributed by atoms with Gasteiger partial charge in [-0.2, -0.15) is 0 Å². The van der Waals surface area contributed by atoms with Crippen LogP contribution in [-0.4, -0.2) is 38.8 Å². The van der Waals surface area contributed by atoms with Crippen molar-refractivity contribution in [1.29, 1.82) is 0 Å². The molecule has 0 aromatic carbocycles. The van der Waals surface area contributed by atoms with E-state index in [0.717, 1.165) is 0 Å². The van der Waals surface area contributed by atoms with E-state index in [1.807, 2.05) is 0 Å². The second-order valence-corrected chi connectivity index (χ2v) is 4.99. The molecule has 2 aromatic heterocycles. The van der Waals surface area contributed by atoms with Gasteiger partial charge >= 0.3 is 6.16 Å². The van der Waals surface area contributed by atoms with Crippen molar-refractivity contribution in [2.75, 3.05) is 6.54 Å². The van der Waals surface area contributed by atoms with E-state index >= 15 is 0 Å². The summed E-state index contributed by atoms with van der Waals surface area (Å²) in [6.45, 7) is 0.582. The lowest BCUT2D eigenvalue weighted by Gasteiger charge is -2.25. The van der Waals surface area contributed by atoms with Crippen LogP contribution in [0.1, 0.15) is 21.7 Å². The Morgan fingerprint density at radius 2 is 2.23 bits per heavy atom. The van der Waals surface area contributed by atoms with Crippen LogP contribution in [0.2, 0.25) is 5.15 Å². The molecule has 9 heteroatoms. The number of pyridine rings is 1. The van der Waals surface area contributed by atoms with Crippen molar-refractivity contribution < 1.29 is 24.0 Å².